The molecule has 9 heteroatoms. The minimum atomic E-state index is -0.780. The number of rotatable bonds is 10. The largest absolute Gasteiger partial charge is 0.493 e. The molecule has 0 saturated carbocycles. The fourth-order valence-electron chi connectivity index (χ4n) is 3.55. The molecule has 2 unspecified atom stereocenters. The van der Waals surface area contributed by atoms with Gasteiger partial charge in [-0.2, -0.15) is 0 Å². The van der Waals surface area contributed by atoms with Gasteiger partial charge >= 0.3 is 6.03 Å². The fourth-order valence-corrected chi connectivity index (χ4v) is 3.55. The van der Waals surface area contributed by atoms with Crippen molar-refractivity contribution in [1.82, 2.24) is 15.5 Å². The van der Waals surface area contributed by atoms with E-state index in [2.05, 4.69) is 10.6 Å². The summed E-state index contributed by atoms with van der Waals surface area (Å²) >= 11 is 0. The maximum atomic E-state index is 12.7. The van der Waals surface area contributed by atoms with E-state index in [0.29, 0.717) is 17.1 Å². The number of nitrogens with one attached hydrogen (secondary N) is 2. The number of benzene rings is 2. The molecule has 0 aliphatic carbocycles. The van der Waals surface area contributed by atoms with Crippen LogP contribution in [0.25, 0.3) is 0 Å². The minimum Gasteiger partial charge on any atom is -0.493 e. The SMILES string of the molecule is COc1ccc(CN2C(=O)NC(CCC(=O)NC(CO)c3ccccc3)C2=O)cc1OC. The molecule has 1 aliphatic heterocycles. The average molecular weight is 441 g/mol. The van der Waals surface area contributed by atoms with E-state index in [9.17, 15) is 19.5 Å². The van der Waals surface area contributed by atoms with E-state index >= 15 is 0 Å². The number of hydrogen-bond donors (Lipinski definition) is 3. The van der Waals surface area contributed by atoms with Gasteiger partial charge in [-0.15, -0.1) is 0 Å². The van der Waals surface area contributed by atoms with Crippen molar-refractivity contribution in [3.63, 3.8) is 0 Å². The molecule has 0 spiro atoms. The molecule has 4 amide bonds. The van der Waals surface area contributed by atoms with Crippen molar-refractivity contribution in [2.24, 2.45) is 0 Å². The number of carbonyl (C=O) groups is 3. The Hall–Kier alpha value is -3.59. The van der Waals surface area contributed by atoms with Gasteiger partial charge in [0.25, 0.3) is 5.91 Å². The Balaban J connectivity index is 1.56. The summed E-state index contributed by atoms with van der Waals surface area (Å²) in [5.41, 5.74) is 1.49. The first-order valence-electron chi connectivity index (χ1n) is 10.2. The highest BCUT2D eigenvalue weighted by Gasteiger charge is 2.38. The van der Waals surface area contributed by atoms with Gasteiger partial charge in [0.2, 0.25) is 5.91 Å². The van der Waals surface area contributed by atoms with E-state index < -0.39 is 18.1 Å². The van der Waals surface area contributed by atoms with Crippen LogP contribution in [0.5, 0.6) is 11.5 Å². The van der Waals surface area contributed by atoms with Gasteiger partial charge in [-0.1, -0.05) is 36.4 Å². The zero-order valence-electron chi connectivity index (χ0n) is 18.0. The van der Waals surface area contributed by atoms with Crippen LogP contribution in [0.1, 0.15) is 30.0 Å². The van der Waals surface area contributed by atoms with Crippen molar-refractivity contribution in [3.8, 4) is 11.5 Å². The van der Waals surface area contributed by atoms with E-state index in [0.717, 1.165) is 10.5 Å². The number of amides is 4. The number of hydrogen-bond acceptors (Lipinski definition) is 6. The quantitative estimate of drug-likeness (QED) is 0.484. The van der Waals surface area contributed by atoms with Crippen molar-refractivity contribution >= 4 is 17.8 Å². The van der Waals surface area contributed by atoms with Crippen LogP contribution in [0.4, 0.5) is 4.79 Å². The third kappa shape index (κ3) is 5.36. The smallest absolute Gasteiger partial charge is 0.325 e. The third-order valence-corrected chi connectivity index (χ3v) is 5.28. The lowest BCUT2D eigenvalue weighted by Crippen LogP contribution is -2.34. The molecule has 1 saturated heterocycles. The number of aliphatic hydroxyl groups is 1. The van der Waals surface area contributed by atoms with Gasteiger partial charge in [0.15, 0.2) is 11.5 Å². The molecule has 0 bridgehead atoms. The van der Waals surface area contributed by atoms with Crippen LogP contribution in [0.15, 0.2) is 48.5 Å². The molecule has 3 N–H and O–H groups in total. The maximum Gasteiger partial charge on any atom is 0.325 e. The van der Waals surface area contributed by atoms with Gasteiger partial charge < -0.3 is 25.2 Å². The molecule has 1 aliphatic rings. The zero-order valence-corrected chi connectivity index (χ0v) is 18.0. The summed E-state index contributed by atoms with van der Waals surface area (Å²) in [7, 11) is 3.04. The van der Waals surface area contributed by atoms with Crippen LogP contribution in [-0.2, 0) is 16.1 Å². The molecule has 0 radical (unpaired) electrons. The van der Waals surface area contributed by atoms with Crippen LogP contribution >= 0.6 is 0 Å². The molecule has 3 rings (SSSR count). The predicted molar refractivity (Wildman–Crippen MR) is 116 cm³/mol. The van der Waals surface area contributed by atoms with Crippen LogP contribution in [0, 0.1) is 0 Å². The highest BCUT2D eigenvalue weighted by molar-refractivity contribution is 6.04. The van der Waals surface area contributed by atoms with Crippen LogP contribution in [-0.4, -0.2) is 54.7 Å². The minimum absolute atomic E-state index is 0.0320. The normalized spacial score (nSPS) is 16.5. The van der Waals surface area contributed by atoms with Crippen molar-refractivity contribution in [3.05, 3.63) is 59.7 Å². The second kappa shape index (κ2) is 10.6. The number of urea groups is 1. The molecule has 2 aromatic rings. The number of carbonyl (C=O) groups excluding carboxylic acids is 3. The third-order valence-electron chi connectivity index (χ3n) is 5.28. The molecule has 1 fully saturated rings. The second-order valence-electron chi connectivity index (χ2n) is 7.37. The number of methoxy groups -OCH3 is 2. The number of ether oxygens (including phenoxy) is 2. The van der Waals surface area contributed by atoms with Gasteiger partial charge in [0.1, 0.15) is 6.04 Å². The first-order valence-corrected chi connectivity index (χ1v) is 10.2. The second-order valence-corrected chi connectivity index (χ2v) is 7.37. The lowest BCUT2D eigenvalue weighted by molar-refractivity contribution is -0.128. The van der Waals surface area contributed by atoms with Gasteiger partial charge in [-0.05, 0) is 29.7 Å². The Kier molecular flexibility index (Phi) is 7.67. The summed E-state index contributed by atoms with van der Waals surface area (Å²) in [6.07, 6.45) is 0.190. The molecular formula is C23H27N3O6. The standard InChI is InChI=1S/C23H27N3O6/c1-31-19-10-8-15(12-20(19)32-2)13-26-22(29)17(25-23(26)30)9-11-21(28)24-18(14-27)16-6-4-3-5-7-16/h3-8,10,12,17-18,27H,9,11,13-14H2,1-2H3,(H,24,28)(H,25,30). The lowest BCUT2D eigenvalue weighted by Gasteiger charge is -2.17. The van der Waals surface area contributed by atoms with Gasteiger partial charge in [0, 0.05) is 6.42 Å². The Morgan fingerprint density at radius 3 is 2.50 bits per heavy atom. The summed E-state index contributed by atoms with van der Waals surface area (Å²) in [5.74, 6) is 0.351. The van der Waals surface area contributed by atoms with Crippen LogP contribution in [0.3, 0.4) is 0 Å². The number of nitrogens with zero attached hydrogens (tertiary/aromatic N) is 1. The summed E-state index contributed by atoms with van der Waals surface area (Å²) in [5, 5.41) is 15.0. The summed E-state index contributed by atoms with van der Waals surface area (Å²) in [6.45, 7) is -0.164. The highest BCUT2D eigenvalue weighted by Crippen LogP contribution is 2.28. The monoisotopic (exact) mass is 441 g/mol. The molecular weight excluding hydrogens is 414 g/mol. The van der Waals surface area contributed by atoms with Gasteiger partial charge in [-0.3, -0.25) is 14.5 Å². The fraction of sp³-hybridized carbons (Fsp3) is 0.348. The Morgan fingerprint density at radius 1 is 1.12 bits per heavy atom. The van der Waals surface area contributed by atoms with Crippen LogP contribution in [0.2, 0.25) is 0 Å². The summed E-state index contributed by atoms with van der Waals surface area (Å²) < 4.78 is 10.5. The summed E-state index contributed by atoms with van der Waals surface area (Å²) in [4.78, 5) is 38.5. The zero-order chi connectivity index (χ0) is 23.1. The molecule has 1 heterocycles. The number of aliphatic hydroxyl groups excluding tert-OH is 1. The first-order chi connectivity index (χ1) is 15.5. The van der Waals surface area contributed by atoms with Crippen LogP contribution < -0.4 is 20.1 Å². The Bertz CT molecular complexity index is 965. The van der Waals surface area contributed by atoms with Crippen molar-refractivity contribution in [2.45, 2.75) is 31.5 Å². The molecule has 32 heavy (non-hydrogen) atoms. The van der Waals surface area contributed by atoms with E-state index in [4.69, 9.17) is 9.47 Å². The Labute approximate surface area is 186 Å². The number of imide groups is 1. The highest BCUT2D eigenvalue weighted by atomic mass is 16.5. The van der Waals surface area contributed by atoms with Crippen molar-refractivity contribution < 1.29 is 29.0 Å². The summed E-state index contributed by atoms with van der Waals surface area (Å²) in [6, 6.07) is 12.5. The van der Waals surface area contributed by atoms with E-state index in [1.54, 1.807) is 18.2 Å². The lowest BCUT2D eigenvalue weighted by atomic mass is 10.1. The first kappa shape index (κ1) is 23.1. The van der Waals surface area contributed by atoms with Crippen molar-refractivity contribution in [2.75, 3.05) is 20.8 Å². The predicted octanol–water partition coefficient (Wildman–Crippen LogP) is 1.75. The Morgan fingerprint density at radius 2 is 1.84 bits per heavy atom. The van der Waals surface area contributed by atoms with Crippen molar-refractivity contribution in [1.29, 1.82) is 0 Å². The molecule has 0 aromatic heterocycles. The maximum absolute atomic E-state index is 12.7. The van der Waals surface area contributed by atoms with E-state index in [-0.39, 0.29) is 37.8 Å². The molecule has 9 nitrogen and oxygen atoms in total. The molecule has 170 valence electrons. The van der Waals surface area contributed by atoms with E-state index in [1.807, 2.05) is 30.3 Å². The van der Waals surface area contributed by atoms with E-state index in [1.165, 1.54) is 14.2 Å². The van der Waals surface area contributed by atoms with Gasteiger partial charge in [-0.25, -0.2) is 4.79 Å². The molecule has 2 aromatic carbocycles. The molecule has 2 atom stereocenters. The van der Waals surface area contributed by atoms with Gasteiger partial charge in [0.05, 0.1) is 33.4 Å². The topological polar surface area (TPSA) is 117 Å². The average Bonchev–Trinajstić information content (AvgIpc) is 3.09.